The van der Waals surface area contributed by atoms with Crippen molar-refractivity contribution < 1.29 is 18.0 Å². The van der Waals surface area contributed by atoms with E-state index in [1.54, 1.807) is 11.8 Å². The fourth-order valence-electron chi connectivity index (χ4n) is 4.75. The third-order valence-corrected chi connectivity index (χ3v) is 6.84. The van der Waals surface area contributed by atoms with Crippen molar-refractivity contribution in [3.05, 3.63) is 87.7 Å². The highest BCUT2D eigenvalue weighted by atomic mass is 19.3. The van der Waals surface area contributed by atoms with Crippen molar-refractivity contribution in [2.24, 2.45) is 7.05 Å². The van der Waals surface area contributed by atoms with E-state index in [0.29, 0.717) is 24.2 Å². The number of benzene rings is 2. The lowest BCUT2D eigenvalue weighted by molar-refractivity contribution is 0.0985. The fourth-order valence-corrected chi connectivity index (χ4v) is 4.75. The molecular formula is C27H25F3N6O2. The van der Waals surface area contributed by atoms with Gasteiger partial charge in [0.1, 0.15) is 29.2 Å². The summed E-state index contributed by atoms with van der Waals surface area (Å²) < 4.78 is 42.5. The van der Waals surface area contributed by atoms with Crippen molar-refractivity contribution in [2.75, 3.05) is 35.3 Å². The minimum Gasteiger partial charge on any atom is -0.371 e. The zero-order valence-electron chi connectivity index (χ0n) is 21.0. The first kappa shape index (κ1) is 25.2. The molecule has 38 heavy (non-hydrogen) atoms. The number of carbonyl (C=O) groups excluding carboxylic acids is 1. The zero-order valence-corrected chi connectivity index (χ0v) is 21.0. The summed E-state index contributed by atoms with van der Waals surface area (Å²) in [7, 11) is 3.44. The molecule has 196 valence electrons. The first-order chi connectivity index (χ1) is 18.2. The summed E-state index contributed by atoms with van der Waals surface area (Å²) in [6.45, 7) is 2.59. The second kappa shape index (κ2) is 9.81. The Morgan fingerprint density at radius 2 is 1.71 bits per heavy atom. The van der Waals surface area contributed by atoms with Gasteiger partial charge in [0.25, 0.3) is 17.9 Å². The summed E-state index contributed by atoms with van der Waals surface area (Å²) in [5.41, 5.74) is 0.576. The maximum absolute atomic E-state index is 14.8. The van der Waals surface area contributed by atoms with E-state index in [0.717, 1.165) is 11.8 Å². The quantitative estimate of drug-likeness (QED) is 0.410. The Morgan fingerprint density at radius 1 is 1.00 bits per heavy atom. The van der Waals surface area contributed by atoms with Gasteiger partial charge in [0.05, 0.1) is 28.4 Å². The van der Waals surface area contributed by atoms with Crippen LogP contribution >= 0.6 is 0 Å². The molecule has 0 fully saturated rings. The number of aromatic nitrogens is 3. The lowest BCUT2D eigenvalue weighted by atomic mass is 10.0. The lowest BCUT2D eigenvalue weighted by Gasteiger charge is -2.35. The number of likely N-dealkylation sites (N-methyl/N-ethyl adjacent to an activating group) is 1. The first-order valence-electron chi connectivity index (χ1n) is 12.0. The number of amides is 1. The van der Waals surface area contributed by atoms with Crippen LogP contribution in [0.25, 0.3) is 11.0 Å². The van der Waals surface area contributed by atoms with Crippen LogP contribution in [-0.4, -0.2) is 40.6 Å². The lowest BCUT2D eigenvalue weighted by Crippen LogP contribution is -2.44. The SMILES string of the molecule is C[C@@H](Nc1ncnc2c1cc(C(=O)N1CCN(C)c3ccccc31)c(=O)n2C)c1cccc(C(F)F)c1F. The summed E-state index contributed by atoms with van der Waals surface area (Å²) in [5, 5.41) is 3.40. The van der Waals surface area contributed by atoms with Crippen LogP contribution in [0.15, 0.2) is 59.7 Å². The van der Waals surface area contributed by atoms with E-state index >= 15 is 0 Å². The second-order valence-corrected chi connectivity index (χ2v) is 9.17. The molecule has 3 heterocycles. The topological polar surface area (TPSA) is 83.4 Å². The van der Waals surface area contributed by atoms with Gasteiger partial charge in [0, 0.05) is 32.7 Å². The van der Waals surface area contributed by atoms with E-state index in [1.165, 1.54) is 36.1 Å². The number of alkyl halides is 2. The highest BCUT2D eigenvalue weighted by Gasteiger charge is 2.29. The van der Waals surface area contributed by atoms with Gasteiger partial charge in [-0.15, -0.1) is 0 Å². The largest absolute Gasteiger partial charge is 0.371 e. The van der Waals surface area contributed by atoms with Gasteiger partial charge in [-0.25, -0.2) is 23.1 Å². The summed E-state index contributed by atoms with van der Waals surface area (Å²) in [6, 6.07) is 11.9. The molecule has 0 radical (unpaired) electrons. The number of rotatable bonds is 5. The normalized spacial score (nSPS) is 14.1. The van der Waals surface area contributed by atoms with Gasteiger partial charge in [-0.2, -0.15) is 0 Å². The maximum atomic E-state index is 14.8. The Hall–Kier alpha value is -4.41. The number of pyridine rings is 1. The van der Waals surface area contributed by atoms with Crippen LogP contribution in [0.4, 0.5) is 30.4 Å². The molecule has 0 saturated heterocycles. The van der Waals surface area contributed by atoms with Crippen LogP contribution in [-0.2, 0) is 7.05 Å². The zero-order chi connectivity index (χ0) is 27.1. The van der Waals surface area contributed by atoms with Crippen molar-refractivity contribution in [1.29, 1.82) is 0 Å². The van der Waals surface area contributed by atoms with Gasteiger partial charge in [0.2, 0.25) is 0 Å². The molecule has 1 aliphatic rings. The summed E-state index contributed by atoms with van der Waals surface area (Å²) in [5.74, 6) is -1.24. The van der Waals surface area contributed by atoms with E-state index in [9.17, 15) is 22.8 Å². The number of carbonyl (C=O) groups is 1. The number of para-hydroxylation sites is 2. The van der Waals surface area contributed by atoms with Gasteiger partial charge in [-0.1, -0.05) is 30.3 Å². The first-order valence-corrected chi connectivity index (χ1v) is 12.0. The number of halogens is 3. The second-order valence-electron chi connectivity index (χ2n) is 9.17. The Bertz CT molecular complexity index is 1610. The van der Waals surface area contributed by atoms with E-state index in [2.05, 4.69) is 15.3 Å². The van der Waals surface area contributed by atoms with Crippen LogP contribution < -0.4 is 20.7 Å². The molecule has 2 aromatic carbocycles. The van der Waals surface area contributed by atoms with Crippen molar-refractivity contribution in [2.45, 2.75) is 19.4 Å². The van der Waals surface area contributed by atoms with Crippen molar-refractivity contribution in [3.8, 4) is 0 Å². The molecule has 0 unspecified atom stereocenters. The average molecular weight is 523 g/mol. The Kier molecular flexibility index (Phi) is 6.52. The van der Waals surface area contributed by atoms with Crippen LogP contribution in [0.2, 0.25) is 0 Å². The molecule has 1 N–H and O–H groups in total. The van der Waals surface area contributed by atoms with Gasteiger partial charge in [-0.05, 0) is 25.1 Å². The van der Waals surface area contributed by atoms with E-state index in [4.69, 9.17) is 0 Å². The van der Waals surface area contributed by atoms with Crippen molar-refractivity contribution in [1.82, 2.24) is 14.5 Å². The molecule has 1 atom stereocenters. The minimum absolute atomic E-state index is 0.0322. The molecule has 1 amide bonds. The minimum atomic E-state index is -2.95. The van der Waals surface area contributed by atoms with Crippen molar-refractivity contribution in [3.63, 3.8) is 0 Å². The number of fused-ring (bicyclic) bond motifs is 2. The average Bonchev–Trinajstić information content (AvgIpc) is 2.91. The molecule has 5 rings (SSSR count). The maximum Gasteiger partial charge on any atom is 0.266 e. The van der Waals surface area contributed by atoms with Crippen LogP contribution in [0, 0.1) is 5.82 Å². The van der Waals surface area contributed by atoms with Crippen molar-refractivity contribution >= 4 is 34.1 Å². The highest BCUT2D eigenvalue weighted by molar-refractivity contribution is 6.10. The molecule has 8 nitrogen and oxygen atoms in total. The number of nitrogens with one attached hydrogen (secondary N) is 1. The summed E-state index contributed by atoms with van der Waals surface area (Å²) in [4.78, 5) is 39.0. The van der Waals surface area contributed by atoms with E-state index in [1.807, 2.05) is 36.2 Å². The van der Waals surface area contributed by atoms with Gasteiger partial charge in [0.15, 0.2) is 0 Å². The molecule has 0 saturated carbocycles. The smallest absolute Gasteiger partial charge is 0.266 e. The molecule has 0 aliphatic carbocycles. The Labute approximate surface area is 216 Å². The summed E-state index contributed by atoms with van der Waals surface area (Å²) in [6.07, 6.45) is -1.72. The van der Waals surface area contributed by atoms with E-state index in [-0.39, 0.29) is 22.6 Å². The molecule has 1 aliphatic heterocycles. The molecule has 2 aromatic heterocycles. The predicted octanol–water partition coefficient (Wildman–Crippen LogP) is 4.67. The molecule has 4 aromatic rings. The number of hydrogen-bond donors (Lipinski definition) is 1. The summed E-state index contributed by atoms with van der Waals surface area (Å²) >= 11 is 0. The number of aryl methyl sites for hydroxylation is 1. The van der Waals surface area contributed by atoms with Gasteiger partial charge in [-0.3, -0.25) is 14.2 Å². The molecular weight excluding hydrogens is 497 g/mol. The monoisotopic (exact) mass is 522 g/mol. The highest BCUT2D eigenvalue weighted by Crippen LogP contribution is 2.33. The van der Waals surface area contributed by atoms with E-state index < -0.39 is 35.3 Å². The molecule has 11 heteroatoms. The Morgan fingerprint density at radius 3 is 2.45 bits per heavy atom. The number of anilines is 3. The van der Waals surface area contributed by atoms with Crippen LogP contribution in [0.3, 0.4) is 0 Å². The van der Waals surface area contributed by atoms with Gasteiger partial charge >= 0.3 is 0 Å². The predicted molar refractivity (Wildman–Crippen MR) is 140 cm³/mol. The third-order valence-electron chi connectivity index (χ3n) is 6.84. The Balaban J connectivity index is 1.57. The fraction of sp³-hybridized carbons (Fsp3) is 0.259. The number of nitrogens with zero attached hydrogens (tertiary/aromatic N) is 5. The van der Waals surface area contributed by atoms with Crippen LogP contribution in [0.5, 0.6) is 0 Å². The standard InChI is InChI=1S/C27H25F3N6O2/c1-15(16-7-6-8-17(22(16)28)23(29)30)33-24-18-13-19(26(37)35(3)25(18)32-14-31-24)27(38)36-12-11-34(2)20-9-4-5-10-21(20)36/h4-10,13-15,23H,11-12H2,1-3H3,(H,31,32,33)/t15-/m1/s1. The number of hydrogen-bond acceptors (Lipinski definition) is 6. The van der Waals surface area contributed by atoms with Gasteiger partial charge < -0.3 is 15.1 Å². The molecule has 0 spiro atoms. The van der Waals surface area contributed by atoms with Crippen LogP contribution in [0.1, 0.15) is 40.9 Å². The molecule has 0 bridgehead atoms. The third kappa shape index (κ3) is 4.23.